The third kappa shape index (κ3) is 6.58. The number of nitrogens with zero attached hydrogens (tertiary/aromatic N) is 1. The Bertz CT molecular complexity index is 1350. The molecule has 0 aliphatic carbocycles. The van der Waals surface area contributed by atoms with Crippen LogP contribution >= 0.6 is 15.9 Å². The topological polar surface area (TPSA) is 50.7 Å². The van der Waals surface area contributed by atoms with E-state index in [1.807, 2.05) is 48.5 Å². The molecule has 0 saturated heterocycles. The van der Waals surface area contributed by atoms with Gasteiger partial charge in [0.05, 0.1) is 17.1 Å². The molecule has 0 atom stereocenters. The normalized spacial score (nSPS) is 11.7. The Morgan fingerprint density at radius 2 is 1.71 bits per heavy atom. The van der Waals surface area contributed by atoms with E-state index in [4.69, 9.17) is 4.74 Å². The van der Waals surface area contributed by atoms with Gasteiger partial charge >= 0.3 is 0 Å². The highest BCUT2D eigenvalue weighted by atomic mass is 79.9. The molecule has 0 unspecified atom stereocenters. The average molecular weight is 529 g/mol. The van der Waals surface area contributed by atoms with Crippen LogP contribution in [0.15, 0.2) is 94.5 Å². The van der Waals surface area contributed by atoms with E-state index in [-0.39, 0.29) is 17.7 Å². The molecular weight excluding hydrogens is 500 g/mol. The summed E-state index contributed by atoms with van der Waals surface area (Å²) in [7, 11) is 0. The molecule has 178 valence electrons. The van der Waals surface area contributed by atoms with Gasteiger partial charge in [-0.1, -0.05) is 87.5 Å². The number of rotatable bonds is 7. The lowest BCUT2D eigenvalue weighted by atomic mass is 9.86. The lowest BCUT2D eigenvalue weighted by molar-refractivity contribution is -0.120. The zero-order valence-corrected chi connectivity index (χ0v) is 21.8. The van der Waals surface area contributed by atoms with Crippen molar-refractivity contribution in [1.29, 1.82) is 0 Å². The molecule has 4 aromatic carbocycles. The zero-order valence-electron chi connectivity index (χ0n) is 20.2. The van der Waals surface area contributed by atoms with Gasteiger partial charge in [-0.05, 0) is 72.6 Å². The Hall–Kier alpha value is -3.44. The van der Waals surface area contributed by atoms with E-state index in [2.05, 4.69) is 83.6 Å². The van der Waals surface area contributed by atoms with E-state index in [1.165, 1.54) is 16.3 Å². The monoisotopic (exact) mass is 528 g/mol. The van der Waals surface area contributed by atoms with Gasteiger partial charge in [0.25, 0.3) is 0 Å². The lowest BCUT2D eigenvalue weighted by Crippen LogP contribution is -2.20. The molecule has 1 N–H and O–H groups in total. The molecule has 0 aromatic heterocycles. The van der Waals surface area contributed by atoms with Crippen molar-refractivity contribution in [3.8, 4) is 5.75 Å². The Kier molecular flexibility index (Phi) is 7.67. The minimum absolute atomic E-state index is 0.0931. The van der Waals surface area contributed by atoms with Crippen LogP contribution in [0.25, 0.3) is 10.8 Å². The summed E-state index contributed by atoms with van der Waals surface area (Å²) in [6.07, 6.45) is 1.91. The average Bonchev–Trinajstić information content (AvgIpc) is 2.83. The summed E-state index contributed by atoms with van der Waals surface area (Å²) in [4.78, 5) is 12.3. The summed E-state index contributed by atoms with van der Waals surface area (Å²) in [5, 5.41) is 6.49. The second kappa shape index (κ2) is 10.9. The van der Waals surface area contributed by atoms with Gasteiger partial charge in [0, 0.05) is 0 Å². The third-order valence-electron chi connectivity index (χ3n) is 5.81. The van der Waals surface area contributed by atoms with Crippen molar-refractivity contribution in [3.05, 3.63) is 112 Å². The summed E-state index contributed by atoms with van der Waals surface area (Å²) < 4.78 is 6.89. The molecule has 0 saturated carbocycles. The Morgan fingerprint density at radius 3 is 2.46 bits per heavy atom. The number of ether oxygens (including phenoxy) is 1. The number of amides is 1. The number of hydrazone groups is 1. The molecule has 0 fully saturated rings. The van der Waals surface area contributed by atoms with Gasteiger partial charge in [0.1, 0.15) is 12.4 Å². The van der Waals surface area contributed by atoms with Crippen molar-refractivity contribution in [2.24, 2.45) is 5.10 Å². The molecule has 35 heavy (non-hydrogen) atoms. The number of nitrogens with one attached hydrogen (secondary N) is 1. The Labute approximate surface area is 215 Å². The van der Waals surface area contributed by atoms with Crippen molar-refractivity contribution in [2.45, 2.75) is 39.2 Å². The highest BCUT2D eigenvalue weighted by Gasteiger charge is 2.13. The predicted molar refractivity (Wildman–Crippen MR) is 147 cm³/mol. The van der Waals surface area contributed by atoms with E-state index in [9.17, 15) is 4.79 Å². The number of halogens is 1. The number of carbonyl (C=O) groups is 1. The van der Waals surface area contributed by atoms with Gasteiger partial charge in [-0.3, -0.25) is 4.79 Å². The maximum Gasteiger partial charge on any atom is 0.244 e. The first-order chi connectivity index (χ1) is 16.8. The minimum atomic E-state index is -0.154. The first-order valence-electron chi connectivity index (χ1n) is 11.6. The number of hydrogen-bond acceptors (Lipinski definition) is 3. The maximum absolute atomic E-state index is 12.3. The SMILES string of the molecule is CC(C)(C)c1ccc(CC(=O)N/N=C\c2ccc(OCc3cccc4ccccc34)c(Br)c2)cc1. The fourth-order valence-electron chi connectivity index (χ4n) is 3.81. The molecule has 4 rings (SSSR count). The number of benzene rings is 4. The smallest absolute Gasteiger partial charge is 0.244 e. The van der Waals surface area contributed by atoms with Crippen LogP contribution < -0.4 is 10.2 Å². The maximum atomic E-state index is 12.3. The molecule has 5 heteroatoms. The summed E-state index contributed by atoms with van der Waals surface area (Å²) in [5.41, 5.74) is 6.89. The summed E-state index contributed by atoms with van der Waals surface area (Å²) >= 11 is 3.58. The summed E-state index contributed by atoms with van der Waals surface area (Å²) in [6.45, 7) is 6.99. The van der Waals surface area contributed by atoms with Gasteiger partial charge in [-0.15, -0.1) is 0 Å². The Balaban J connectivity index is 1.32. The van der Waals surface area contributed by atoms with Crippen LogP contribution in [-0.4, -0.2) is 12.1 Å². The van der Waals surface area contributed by atoms with E-state index in [0.717, 1.165) is 26.9 Å². The van der Waals surface area contributed by atoms with Gasteiger partial charge in [-0.2, -0.15) is 5.10 Å². The van der Waals surface area contributed by atoms with Crippen molar-refractivity contribution in [1.82, 2.24) is 5.43 Å². The van der Waals surface area contributed by atoms with Gasteiger partial charge in [-0.25, -0.2) is 5.43 Å². The second-order valence-electron chi connectivity index (χ2n) is 9.53. The number of fused-ring (bicyclic) bond motifs is 1. The van der Waals surface area contributed by atoms with E-state index >= 15 is 0 Å². The van der Waals surface area contributed by atoms with Crippen LogP contribution in [0.4, 0.5) is 0 Å². The van der Waals surface area contributed by atoms with Gasteiger partial charge in [0.15, 0.2) is 0 Å². The van der Waals surface area contributed by atoms with Crippen LogP contribution in [0.5, 0.6) is 5.75 Å². The van der Waals surface area contributed by atoms with Crippen LogP contribution in [-0.2, 0) is 23.2 Å². The van der Waals surface area contributed by atoms with Crippen LogP contribution in [0.2, 0.25) is 0 Å². The van der Waals surface area contributed by atoms with E-state index < -0.39 is 0 Å². The van der Waals surface area contributed by atoms with Crippen molar-refractivity contribution in [3.63, 3.8) is 0 Å². The number of hydrogen-bond donors (Lipinski definition) is 1. The molecule has 0 spiro atoms. The zero-order chi connectivity index (χ0) is 24.8. The molecule has 4 nitrogen and oxygen atoms in total. The molecule has 4 aromatic rings. The second-order valence-corrected chi connectivity index (χ2v) is 10.4. The summed E-state index contributed by atoms with van der Waals surface area (Å²) in [6, 6.07) is 28.4. The molecular formula is C30H29BrN2O2. The largest absolute Gasteiger partial charge is 0.488 e. The Morgan fingerprint density at radius 1 is 0.971 bits per heavy atom. The fourth-order valence-corrected chi connectivity index (χ4v) is 4.33. The van der Waals surface area contributed by atoms with Crippen LogP contribution in [0, 0.1) is 0 Å². The molecule has 0 aliphatic rings. The lowest BCUT2D eigenvalue weighted by Gasteiger charge is -2.19. The van der Waals surface area contributed by atoms with Gasteiger partial charge < -0.3 is 4.74 Å². The molecule has 0 aliphatic heterocycles. The number of carbonyl (C=O) groups excluding carboxylic acids is 1. The van der Waals surface area contributed by atoms with Gasteiger partial charge in [0.2, 0.25) is 5.91 Å². The van der Waals surface area contributed by atoms with Crippen molar-refractivity contribution >= 4 is 38.8 Å². The molecule has 0 radical (unpaired) electrons. The van der Waals surface area contributed by atoms with Crippen LogP contribution in [0.3, 0.4) is 0 Å². The highest BCUT2D eigenvalue weighted by molar-refractivity contribution is 9.10. The van der Waals surface area contributed by atoms with Crippen LogP contribution in [0.1, 0.15) is 43.0 Å². The first kappa shape index (κ1) is 24.7. The molecule has 0 bridgehead atoms. The quantitative estimate of drug-likeness (QED) is 0.204. The van der Waals surface area contributed by atoms with Crippen molar-refractivity contribution < 1.29 is 9.53 Å². The first-order valence-corrected chi connectivity index (χ1v) is 12.4. The fraction of sp³-hybridized carbons (Fsp3) is 0.200. The van der Waals surface area contributed by atoms with Crippen molar-refractivity contribution in [2.75, 3.05) is 0 Å². The van der Waals surface area contributed by atoms with E-state index in [1.54, 1.807) is 6.21 Å². The summed E-state index contributed by atoms with van der Waals surface area (Å²) in [5.74, 6) is 0.594. The molecule has 0 heterocycles. The highest BCUT2D eigenvalue weighted by Crippen LogP contribution is 2.28. The third-order valence-corrected chi connectivity index (χ3v) is 6.43. The minimum Gasteiger partial charge on any atom is -0.488 e. The van der Waals surface area contributed by atoms with E-state index in [0.29, 0.717) is 6.61 Å². The predicted octanol–water partition coefficient (Wildman–Crippen LogP) is 7.17. The standard InChI is InChI=1S/C30H29BrN2O2/c1-30(2,3)25-14-11-21(12-15-25)18-29(34)33-32-19-22-13-16-28(27(31)17-22)35-20-24-9-6-8-23-7-4-5-10-26(23)24/h4-17,19H,18,20H2,1-3H3,(H,33,34)/b32-19-. The molecule has 1 amide bonds.